The number of anilines is 1. The predicted molar refractivity (Wildman–Crippen MR) is 91.1 cm³/mol. The Morgan fingerprint density at radius 3 is 2.30 bits per heavy atom. The van der Waals surface area contributed by atoms with Gasteiger partial charge in [0.1, 0.15) is 0 Å². The first-order valence-corrected chi connectivity index (χ1v) is 9.05. The SMILES string of the molecule is Cc1ccccc1C(=O)N(c1ccccc1)C1C=CS(=O)(=O)C1. The van der Waals surface area contributed by atoms with Gasteiger partial charge in [0.05, 0.1) is 11.8 Å². The number of rotatable bonds is 3. The Kier molecular flexibility index (Phi) is 4.05. The van der Waals surface area contributed by atoms with Gasteiger partial charge in [-0.3, -0.25) is 4.79 Å². The van der Waals surface area contributed by atoms with Crippen LogP contribution in [0, 0.1) is 6.92 Å². The summed E-state index contributed by atoms with van der Waals surface area (Å²) in [7, 11) is -3.25. The van der Waals surface area contributed by atoms with E-state index >= 15 is 0 Å². The fourth-order valence-electron chi connectivity index (χ4n) is 2.71. The number of carbonyl (C=O) groups excluding carboxylic acids is 1. The molecule has 1 aliphatic rings. The molecule has 2 aromatic rings. The highest BCUT2D eigenvalue weighted by Gasteiger charge is 2.32. The molecule has 0 fully saturated rings. The summed E-state index contributed by atoms with van der Waals surface area (Å²) < 4.78 is 23.6. The fourth-order valence-corrected chi connectivity index (χ4v) is 3.98. The molecule has 0 aliphatic carbocycles. The summed E-state index contributed by atoms with van der Waals surface area (Å²) in [4.78, 5) is 14.6. The first kappa shape index (κ1) is 15.5. The lowest BCUT2D eigenvalue weighted by Crippen LogP contribution is -2.41. The van der Waals surface area contributed by atoms with E-state index in [-0.39, 0.29) is 11.7 Å². The molecule has 1 atom stereocenters. The minimum atomic E-state index is -3.25. The van der Waals surface area contributed by atoms with Gasteiger partial charge in [-0.15, -0.1) is 0 Å². The Morgan fingerprint density at radius 1 is 1.04 bits per heavy atom. The number of carbonyl (C=O) groups is 1. The molecule has 0 aromatic heterocycles. The molecule has 1 amide bonds. The quantitative estimate of drug-likeness (QED) is 0.871. The topological polar surface area (TPSA) is 54.5 Å². The van der Waals surface area contributed by atoms with E-state index < -0.39 is 15.9 Å². The average molecular weight is 327 g/mol. The van der Waals surface area contributed by atoms with Gasteiger partial charge in [-0.05, 0) is 36.8 Å². The van der Waals surface area contributed by atoms with Crippen molar-refractivity contribution in [1.29, 1.82) is 0 Å². The summed E-state index contributed by atoms with van der Waals surface area (Å²) in [5.74, 6) is -0.277. The van der Waals surface area contributed by atoms with E-state index in [0.717, 1.165) is 5.56 Å². The molecule has 1 aliphatic heterocycles. The van der Waals surface area contributed by atoms with Crippen molar-refractivity contribution in [2.75, 3.05) is 10.7 Å². The molecule has 5 heteroatoms. The molecule has 0 saturated carbocycles. The first-order valence-electron chi connectivity index (χ1n) is 7.33. The molecule has 23 heavy (non-hydrogen) atoms. The monoisotopic (exact) mass is 327 g/mol. The molecule has 0 N–H and O–H groups in total. The van der Waals surface area contributed by atoms with Crippen LogP contribution in [0.1, 0.15) is 15.9 Å². The van der Waals surface area contributed by atoms with Crippen LogP contribution < -0.4 is 4.90 Å². The maximum absolute atomic E-state index is 13.1. The molecular formula is C18H17NO3S. The van der Waals surface area contributed by atoms with Crippen LogP contribution in [0.2, 0.25) is 0 Å². The zero-order chi connectivity index (χ0) is 16.4. The van der Waals surface area contributed by atoms with E-state index in [4.69, 9.17) is 0 Å². The molecule has 0 spiro atoms. The second-order valence-corrected chi connectivity index (χ2v) is 7.48. The number of hydrogen-bond acceptors (Lipinski definition) is 3. The zero-order valence-corrected chi connectivity index (χ0v) is 13.5. The lowest BCUT2D eigenvalue weighted by atomic mass is 10.1. The lowest BCUT2D eigenvalue weighted by Gasteiger charge is -2.28. The van der Waals surface area contributed by atoms with Crippen molar-refractivity contribution in [3.05, 3.63) is 77.2 Å². The van der Waals surface area contributed by atoms with Crippen molar-refractivity contribution >= 4 is 21.4 Å². The van der Waals surface area contributed by atoms with Crippen LogP contribution in [0.5, 0.6) is 0 Å². The second kappa shape index (κ2) is 6.01. The molecule has 1 heterocycles. The van der Waals surface area contributed by atoms with Gasteiger partial charge in [0, 0.05) is 16.7 Å². The fraction of sp³-hybridized carbons (Fsp3) is 0.167. The highest BCUT2D eigenvalue weighted by molar-refractivity contribution is 7.94. The minimum Gasteiger partial charge on any atom is -0.300 e. The number of sulfone groups is 1. The van der Waals surface area contributed by atoms with Crippen LogP contribution >= 0.6 is 0 Å². The van der Waals surface area contributed by atoms with Crippen LogP contribution in [0.15, 0.2) is 66.1 Å². The zero-order valence-electron chi connectivity index (χ0n) is 12.7. The Labute approximate surface area is 136 Å². The van der Waals surface area contributed by atoms with E-state index in [0.29, 0.717) is 11.3 Å². The Balaban J connectivity index is 2.05. The third kappa shape index (κ3) is 3.19. The summed E-state index contributed by atoms with van der Waals surface area (Å²) in [6.07, 6.45) is 1.58. The van der Waals surface area contributed by atoms with Crippen molar-refractivity contribution < 1.29 is 13.2 Å². The van der Waals surface area contributed by atoms with Gasteiger partial charge in [0.25, 0.3) is 5.91 Å². The molecule has 3 rings (SSSR count). The van der Waals surface area contributed by atoms with E-state index in [2.05, 4.69) is 0 Å². The minimum absolute atomic E-state index is 0.0838. The summed E-state index contributed by atoms with van der Waals surface area (Å²) in [5, 5.41) is 1.19. The van der Waals surface area contributed by atoms with Crippen LogP contribution in [0.4, 0.5) is 5.69 Å². The second-order valence-electron chi connectivity index (χ2n) is 5.55. The van der Waals surface area contributed by atoms with Crippen molar-refractivity contribution in [3.63, 3.8) is 0 Å². The third-order valence-electron chi connectivity index (χ3n) is 3.87. The number of para-hydroxylation sites is 1. The van der Waals surface area contributed by atoms with Crippen molar-refractivity contribution in [1.82, 2.24) is 0 Å². The summed E-state index contributed by atoms with van der Waals surface area (Å²) >= 11 is 0. The van der Waals surface area contributed by atoms with Gasteiger partial charge < -0.3 is 4.90 Å². The molecule has 0 bridgehead atoms. The number of benzene rings is 2. The molecule has 0 radical (unpaired) electrons. The Hall–Kier alpha value is -2.40. The molecule has 118 valence electrons. The van der Waals surface area contributed by atoms with E-state index in [1.54, 1.807) is 17.0 Å². The summed E-state index contributed by atoms with van der Waals surface area (Å²) in [6.45, 7) is 1.87. The van der Waals surface area contributed by atoms with Gasteiger partial charge in [-0.25, -0.2) is 8.42 Å². The first-order chi connectivity index (χ1) is 11.0. The number of hydrogen-bond donors (Lipinski definition) is 0. The third-order valence-corrected chi connectivity index (χ3v) is 5.25. The lowest BCUT2D eigenvalue weighted by molar-refractivity contribution is 0.0982. The Bertz CT molecular complexity index is 857. The van der Waals surface area contributed by atoms with Crippen LogP contribution in [-0.2, 0) is 9.84 Å². The maximum atomic E-state index is 13.1. The molecule has 4 nitrogen and oxygen atoms in total. The normalized spacial score (nSPS) is 18.7. The number of amides is 1. The van der Waals surface area contributed by atoms with E-state index in [9.17, 15) is 13.2 Å². The van der Waals surface area contributed by atoms with Gasteiger partial charge in [-0.2, -0.15) is 0 Å². The maximum Gasteiger partial charge on any atom is 0.259 e. The van der Waals surface area contributed by atoms with Gasteiger partial charge in [-0.1, -0.05) is 36.4 Å². The van der Waals surface area contributed by atoms with Gasteiger partial charge in [0.15, 0.2) is 9.84 Å². The van der Waals surface area contributed by atoms with Crippen molar-refractivity contribution in [3.8, 4) is 0 Å². The molecule has 1 unspecified atom stereocenters. The van der Waals surface area contributed by atoms with Crippen molar-refractivity contribution in [2.24, 2.45) is 0 Å². The summed E-state index contributed by atoms with van der Waals surface area (Å²) in [5.41, 5.74) is 2.13. The largest absolute Gasteiger partial charge is 0.300 e. The van der Waals surface area contributed by atoms with E-state index in [1.165, 1.54) is 5.41 Å². The standard InChI is InChI=1S/C18H17NO3S/c1-14-7-5-6-10-17(14)18(20)19(15-8-3-2-4-9-15)16-11-12-23(21,22)13-16/h2-12,16H,13H2,1H3. The average Bonchev–Trinajstić information content (AvgIpc) is 2.88. The smallest absolute Gasteiger partial charge is 0.259 e. The van der Waals surface area contributed by atoms with Crippen LogP contribution in [0.25, 0.3) is 0 Å². The van der Waals surface area contributed by atoms with Crippen LogP contribution in [0.3, 0.4) is 0 Å². The van der Waals surface area contributed by atoms with Gasteiger partial charge in [0.2, 0.25) is 0 Å². The van der Waals surface area contributed by atoms with Crippen LogP contribution in [-0.4, -0.2) is 26.1 Å². The molecule has 2 aromatic carbocycles. The van der Waals surface area contributed by atoms with E-state index in [1.807, 2.05) is 55.5 Å². The predicted octanol–water partition coefficient (Wildman–Crippen LogP) is 2.95. The van der Waals surface area contributed by atoms with Gasteiger partial charge >= 0.3 is 0 Å². The highest BCUT2D eigenvalue weighted by atomic mass is 32.2. The number of aryl methyl sites for hydroxylation is 1. The summed E-state index contributed by atoms with van der Waals surface area (Å²) in [6, 6.07) is 16.0. The molecule has 0 saturated heterocycles. The highest BCUT2D eigenvalue weighted by Crippen LogP contribution is 2.25. The Morgan fingerprint density at radius 2 is 1.70 bits per heavy atom. The van der Waals surface area contributed by atoms with Crippen molar-refractivity contribution in [2.45, 2.75) is 13.0 Å². The number of nitrogens with zero attached hydrogens (tertiary/aromatic N) is 1. The molecular weight excluding hydrogens is 310 g/mol.